The number of carbonyl (C=O) groups is 1. The van der Waals surface area contributed by atoms with Crippen molar-refractivity contribution < 1.29 is 9.18 Å². The smallest absolute Gasteiger partial charge is 0.250 e. The zero-order chi connectivity index (χ0) is 17.8. The van der Waals surface area contributed by atoms with Crippen molar-refractivity contribution in [2.45, 2.75) is 6.54 Å². The third-order valence-electron chi connectivity index (χ3n) is 3.55. The summed E-state index contributed by atoms with van der Waals surface area (Å²) in [5.41, 5.74) is 7.38. The van der Waals surface area contributed by atoms with Gasteiger partial charge in [-0.15, -0.1) is 0 Å². The van der Waals surface area contributed by atoms with Gasteiger partial charge in [-0.05, 0) is 35.9 Å². The molecule has 3 rings (SSSR count). The fraction of sp³-hybridized carbons (Fsp3) is 0.0556. The molecule has 1 amide bonds. The summed E-state index contributed by atoms with van der Waals surface area (Å²) in [6.07, 6.45) is 3.02. The second kappa shape index (κ2) is 7.27. The molecule has 2 heterocycles. The molecule has 0 aliphatic heterocycles. The lowest BCUT2D eigenvalue weighted by Gasteiger charge is -2.11. The molecule has 0 aliphatic rings. The van der Waals surface area contributed by atoms with Gasteiger partial charge in [-0.2, -0.15) is 0 Å². The second-order valence-corrected chi connectivity index (χ2v) is 5.70. The molecule has 0 atom stereocenters. The lowest BCUT2D eigenvalue weighted by molar-refractivity contribution is 0.100. The molecule has 7 heteroatoms. The summed E-state index contributed by atoms with van der Waals surface area (Å²) < 4.78 is 13.2. The van der Waals surface area contributed by atoms with Gasteiger partial charge in [0.25, 0.3) is 5.91 Å². The molecule has 2 aromatic heterocycles. The predicted octanol–water partition coefficient (Wildman–Crippen LogP) is 3.65. The van der Waals surface area contributed by atoms with Crippen molar-refractivity contribution in [2.75, 3.05) is 5.32 Å². The molecule has 0 fully saturated rings. The summed E-state index contributed by atoms with van der Waals surface area (Å²) in [4.78, 5) is 20.1. The highest BCUT2D eigenvalue weighted by Crippen LogP contribution is 2.29. The summed E-state index contributed by atoms with van der Waals surface area (Å²) in [7, 11) is 0. The van der Waals surface area contributed by atoms with E-state index in [0.717, 1.165) is 5.56 Å². The maximum Gasteiger partial charge on any atom is 0.250 e. The average molecular weight is 357 g/mol. The minimum absolute atomic E-state index is 0.254. The molecule has 0 bridgehead atoms. The Labute approximate surface area is 148 Å². The van der Waals surface area contributed by atoms with Gasteiger partial charge in [-0.1, -0.05) is 23.7 Å². The normalized spacial score (nSPS) is 10.5. The second-order valence-electron chi connectivity index (χ2n) is 5.30. The van der Waals surface area contributed by atoms with Crippen molar-refractivity contribution >= 4 is 23.3 Å². The Morgan fingerprint density at radius 3 is 2.80 bits per heavy atom. The summed E-state index contributed by atoms with van der Waals surface area (Å²) in [5.74, 6) is -0.398. The van der Waals surface area contributed by atoms with Gasteiger partial charge in [0, 0.05) is 24.5 Å². The van der Waals surface area contributed by atoms with Crippen molar-refractivity contribution in [3.8, 4) is 11.3 Å². The van der Waals surface area contributed by atoms with Crippen LogP contribution in [-0.4, -0.2) is 15.9 Å². The largest absolute Gasteiger partial charge is 0.366 e. The van der Waals surface area contributed by atoms with Crippen molar-refractivity contribution in [3.05, 3.63) is 76.8 Å². The maximum atomic E-state index is 13.2. The molecule has 1 aromatic carbocycles. The summed E-state index contributed by atoms with van der Waals surface area (Å²) >= 11 is 6.16. The zero-order valence-corrected chi connectivity index (χ0v) is 13.8. The number of primary amides is 1. The minimum Gasteiger partial charge on any atom is -0.366 e. The van der Waals surface area contributed by atoms with Gasteiger partial charge in [0.05, 0.1) is 16.3 Å². The summed E-state index contributed by atoms with van der Waals surface area (Å²) in [5, 5.41) is 3.46. The first-order valence-electron chi connectivity index (χ1n) is 7.43. The molecule has 126 valence electrons. The number of nitrogens with two attached hydrogens (primary N) is 1. The number of amides is 1. The number of carbonyl (C=O) groups excluding carboxylic acids is 1. The fourth-order valence-electron chi connectivity index (χ4n) is 2.37. The standard InChI is InChI=1S/C18H14ClFN4O/c19-15-10-22-7-6-13(15)17-14(18(21)25)4-5-16(24-17)23-9-11-2-1-3-12(20)8-11/h1-8,10H,9H2,(H2,21,25)(H,23,24). The Kier molecular flexibility index (Phi) is 4.90. The van der Waals surface area contributed by atoms with Gasteiger partial charge in [0.2, 0.25) is 0 Å². The molecule has 0 spiro atoms. The van der Waals surface area contributed by atoms with Gasteiger partial charge >= 0.3 is 0 Å². The van der Waals surface area contributed by atoms with E-state index in [2.05, 4.69) is 15.3 Å². The van der Waals surface area contributed by atoms with E-state index in [0.29, 0.717) is 28.6 Å². The van der Waals surface area contributed by atoms with Crippen LogP contribution in [0, 0.1) is 5.82 Å². The Morgan fingerprint density at radius 2 is 2.08 bits per heavy atom. The number of anilines is 1. The van der Waals surface area contributed by atoms with Crippen molar-refractivity contribution in [3.63, 3.8) is 0 Å². The van der Waals surface area contributed by atoms with E-state index in [4.69, 9.17) is 17.3 Å². The van der Waals surface area contributed by atoms with Gasteiger partial charge in [0.1, 0.15) is 11.6 Å². The van der Waals surface area contributed by atoms with Crippen LogP contribution in [0.3, 0.4) is 0 Å². The Hall–Kier alpha value is -2.99. The van der Waals surface area contributed by atoms with Crippen LogP contribution in [0.2, 0.25) is 5.02 Å². The number of aromatic nitrogens is 2. The van der Waals surface area contributed by atoms with E-state index in [1.54, 1.807) is 36.5 Å². The van der Waals surface area contributed by atoms with Crippen LogP contribution in [0.15, 0.2) is 54.9 Å². The van der Waals surface area contributed by atoms with E-state index in [1.807, 2.05) is 0 Å². The van der Waals surface area contributed by atoms with Crippen molar-refractivity contribution in [1.82, 2.24) is 9.97 Å². The number of nitrogens with one attached hydrogen (secondary N) is 1. The maximum absolute atomic E-state index is 13.2. The van der Waals surface area contributed by atoms with Crippen LogP contribution in [-0.2, 0) is 6.54 Å². The Bertz CT molecular complexity index is 932. The molecule has 0 unspecified atom stereocenters. The number of pyridine rings is 2. The third-order valence-corrected chi connectivity index (χ3v) is 3.85. The highest BCUT2D eigenvalue weighted by Gasteiger charge is 2.15. The topological polar surface area (TPSA) is 80.9 Å². The van der Waals surface area contributed by atoms with E-state index in [9.17, 15) is 9.18 Å². The lowest BCUT2D eigenvalue weighted by atomic mass is 10.1. The molecule has 5 nitrogen and oxygen atoms in total. The number of halogens is 2. The third kappa shape index (κ3) is 3.92. The molecule has 0 aliphatic carbocycles. The zero-order valence-electron chi connectivity index (χ0n) is 13.0. The lowest BCUT2D eigenvalue weighted by Crippen LogP contribution is -2.14. The van der Waals surface area contributed by atoms with Crippen LogP contribution in [0.1, 0.15) is 15.9 Å². The Morgan fingerprint density at radius 1 is 1.24 bits per heavy atom. The van der Waals surface area contributed by atoms with E-state index in [-0.39, 0.29) is 11.4 Å². The van der Waals surface area contributed by atoms with Crippen LogP contribution in [0.4, 0.5) is 10.2 Å². The number of nitrogens with zero attached hydrogens (tertiary/aromatic N) is 2. The van der Waals surface area contributed by atoms with Gasteiger partial charge in [-0.3, -0.25) is 9.78 Å². The summed E-state index contributed by atoms with van der Waals surface area (Å²) in [6, 6.07) is 11.1. The monoisotopic (exact) mass is 356 g/mol. The van der Waals surface area contributed by atoms with Crippen LogP contribution in [0.5, 0.6) is 0 Å². The minimum atomic E-state index is -0.605. The van der Waals surface area contributed by atoms with Gasteiger partial charge in [-0.25, -0.2) is 9.37 Å². The molecule has 25 heavy (non-hydrogen) atoms. The number of rotatable bonds is 5. The summed E-state index contributed by atoms with van der Waals surface area (Å²) in [6.45, 7) is 0.379. The molecule has 0 radical (unpaired) electrons. The van der Waals surface area contributed by atoms with Crippen molar-refractivity contribution in [1.29, 1.82) is 0 Å². The van der Waals surface area contributed by atoms with E-state index >= 15 is 0 Å². The molecule has 3 N–H and O–H groups in total. The SMILES string of the molecule is NC(=O)c1ccc(NCc2cccc(F)c2)nc1-c1ccncc1Cl. The van der Waals surface area contributed by atoms with Gasteiger partial charge < -0.3 is 11.1 Å². The van der Waals surface area contributed by atoms with Crippen LogP contribution < -0.4 is 11.1 Å². The first-order valence-corrected chi connectivity index (χ1v) is 7.81. The van der Waals surface area contributed by atoms with E-state index in [1.165, 1.54) is 18.3 Å². The van der Waals surface area contributed by atoms with Crippen LogP contribution in [0.25, 0.3) is 11.3 Å². The van der Waals surface area contributed by atoms with Crippen LogP contribution >= 0.6 is 11.6 Å². The average Bonchev–Trinajstić information content (AvgIpc) is 2.60. The predicted molar refractivity (Wildman–Crippen MR) is 94.7 cm³/mol. The molecule has 0 saturated carbocycles. The number of hydrogen-bond donors (Lipinski definition) is 2. The fourth-order valence-corrected chi connectivity index (χ4v) is 2.58. The first-order chi connectivity index (χ1) is 12.0. The highest BCUT2D eigenvalue weighted by molar-refractivity contribution is 6.33. The molecular formula is C18H14ClFN4O. The number of benzene rings is 1. The Balaban J connectivity index is 1.93. The van der Waals surface area contributed by atoms with E-state index < -0.39 is 5.91 Å². The van der Waals surface area contributed by atoms with Gasteiger partial charge in [0.15, 0.2) is 0 Å². The quantitative estimate of drug-likeness (QED) is 0.731. The molecule has 0 saturated heterocycles. The number of hydrogen-bond acceptors (Lipinski definition) is 4. The first kappa shape index (κ1) is 16.9. The molecule has 3 aromatic rings. The molecular weight excluding hydrogens is 343 g/mol. The highest BCUT2D eigenvalue weighted by atomic mass is 35.5. The van der Waals surface area contributed by atoms with Crippen molar-refractivity contribution in [2.24, 2.45) is 5.73 Å².